The minimum absolute atomic E-state index is 0.361. The van der Waals surface area contributed by atoms with E-state index < -0.39 is 10.8 Å². The first-order valence-electron chi connectivity index (χ1n) is 5.25. The minimum Gasteiger partial charge on any atom is -0.398 e. The molecule has 0 amide bonds. The van der Waals surface area contributed by atoms with Crippen molar-refractivity contribution >= 4 is 44.0 Å². The molecule has 2 aromatic carbocycles. The zero-order chi connectivity index (χ0) is 13.1. The molecule has 0 aromatic heterocycles. The standard InChI is InChI=1S/C13H11BrClNOS/c14-10-5-6-12(16)13(7-10)18(17)8-9-3-1-2-4-11(9)15/h1-7H,8,16H2. The van der Waals surface area contributed by atoms with Gasteiger partial charge in [-0.05, 0) is 29.8 Å². The first-order chi connectivity index (χ1) is 8.58. The van der Waals surface area contributed by atoms with Crippen LogP contribution in [0.4, 0.5) is 5.69 Å². The normalized spacial score (nSPS) is 12.3. The highest BCUT2D eigenvalue weighted by molar-refractivity contribution is 9.10. The summed E-state index contributed by atoms with van der Waals surface area (Å²) < 4.78 is 13.2. The van der Waals surface area contributed by atoms with Gasteiger partial charge in [-0.25, -0.2) is 0 Å². The zero-order valence-corrected chi connectivity index (χ0v) is 12.6. The van der Waals surface area contributed by atoms with Crippen LogP contribution in [0.1, 0.15) is 5.56 Å². The molecule has 0 fully saturated rings. The number of halogens is 2. The smallest absolute Gasteiger partial charge is 0.0632 e. The maximum Gasteiger partial charge on any atom is 0.0632 e. The quantitative estimate of drug-likeness (QED) is 0.855. The Hall–Kier alpha value is -0.840. The van der Waals surface area contributed by atoms with E-state index in [4.69, 9.17) is 17.3 Å². The second kappa shape index (κ2) is 5.87. The molecule has 5 heteroatoms. The van der Waals surface area contributed by atoms with Crippen molar-refractivity contribution in [1.82, 2.24) is 0 Å². The molecule has 2 rings (SSSR count). The van der Waals surface area contributed by atoms with Crippen LogP contribution in [0.3, 0.4) is 0 Å². The number of nitrogen functional groups attached to an aromatic ring is 1. The molecule has 2 aromatic rings. The molecule has 0 aliphatic carbocycles. The monoisotopic (exact) mass is 343 g/mol. The van der Waals surface area contributed by atoms with Crippen LogP contribution in [0.2, 0.25) is 5.02 Å². The van der Waals surface area contributed by atoms with Crippen LogP contribution >= 0.6 is 27.5 Å². The van der Waals surface area contributed by atoms with Gasteiger partial charge >= 0.3 is 0 Å². The lowest BCUT2D eigenvalue weighted by Gasteiger charge is -2.07. The molecule has 0 saturated heterocycles. The maximum atomic E-state index is 12.3. The van der Waals surface area contributed by atoms with Crippen molar-refractivity contribution in [3.05, 3.63) is 57.5 Å². The highest BCUT2D eigenvalue weighted by atomic mass is 79.9. The van der Waals surface area contributed by atoms with Gasteiger partial charge in [-0.3, -0.25) is 4.21 Å². The lowest BCUT2D eigenvalue weighted by Crippen LogP contribution is -2.01. The first kappa shape index (κ1) is 13.6. The van der Waals surface area contributed by atoms with Gasteiger partial charge in [0, 0.05) is 15.2 Å². The van der Waals surface area contributed by atoms with Crippen LogP contribution in [-0.2, 0) is 16.6 Å². The predicted molar refractivity (Wildman–Crippen MR) is 80.1 cm³/mol. The van der Waals surface area contributed by atoms with Gasteiger partial charge < -0.3 is 5.73 Å². The molecule has 0 aliphatic heterocycles. The van der Waals surface area contributed by atoms with E-state index in [-0.39, 0.29) is 0 Å². The SMILES string of the molecule is Nc1ccc(Br)cc1S(=O)Cc1ccccc1Cl. The van der Waals surface area contributed by atoms with Gasteiger partial charge in [0.15, 0.2) is 0 Å². The largest absolute Gasteiger partial charge is 0.398 e. The van der Waals surface area contributed by atoms with Gasteiger partial charge in [0.2, 0.25) is 0 Å². The Balaban J connectivity index is 2.28. The number of anilines is 1. The lowest BCUT2D eigenvalue weighted by molar-refractivity contribution is 0.683. The van der Waals surface area contributed by atoms with Crippen LogP contribution in [0.5, 0.6) is 0 Å². The van der Waals surface area contributed by atoms with Crippen molar-refractivity contribution in [2.24, 2.45) is 0 Å². The van der Waals surface area contributed by atoms with Crippen molar-refractivity contribution < 1.29 is 4.21 Å². The third-order valence-electron chi connectivity index (χ3n) is 2.47. The van der Waals surface area contributed by atoms with E-state index in [9.17, 15) is 4.21 Å². The van der Waals surface area contributed by atoms with Gasteiger partial charge in [0.05, 0.1) is 21.4 Å². The number of nitrogens with two attached hydrogens (primary N) is 1. The van der Waals surface area contributed by atoms with Crippen LogP contribution in [0.25, 0.3) is 0 Å². The Bertz CT molecular complexity index is 603. The fraction of sp³-hybridized carbons (Fsp3) is 0.0769. The number of hydrogen-bond donors (Lipinski definition) is 1. The molecule has 2 nitrogen and oxygen atoms in total. The molecule has 18 heavy (non-hydrogen) atoms. The van der Waals surface area contributed by atoms with Crippen molar-refractivity contribution in [3.63, 3.8) is 0 Å². The Labute approximate surface area is 122 Å². The van der Waals surface area contributed by atoms with E-state index in [0.717, 1.165) is 10.0 Å². The molecule has 0 saturated carbocycles. The highest BCUT2D eigenvalue weighted by Gasteiger charge is 2.11. The highest BCUT2D eigenvalue weighted by Crippen LogP contribution is 2.25. The fourth-order valence-electron chi connectivity index (χ4n) is 1.54. The Morgan fingerprint density at radius 3 is 2.67 bits per heavy atom. The minimum atomic E-state index is -1.21. The van der Waals surface area contributed by atoms with Crippen molar-refractivity contribution in [2.75, 3.05) is 5.73 Å². The van der Waals surface area contributed by atoms with Crippen molar-refractivity contribution in [2.45, 2.75) is 10.6 Å². The topological polar surface area (TPSA) is 43.1 Å². The van der Waals surface area contributed by atoms with Crippen LogP contribution in [0.15, 0.2) is 51.8 Å². The summed E-state index contributed by atoms with van der Waals surface area (Å²) in [5, 5.41) is 0.624. The molecule has 0 heterocycles. The number of rotatable bonds is 3. The summed E-state index contributed by atoms with van der Waals surface area (Å²) in [4.78, 5) is 0.629. The van der Waals surface area contributed by atoms with Crippen LogP contribution < -0.4 is 5.73 Å². The molecule has 0 radical (unpaired) electrons. The average molecular weight is 345 g/mol. The first-order valence-corrected chi connectivity index (χ1v) is 7.73. The Kier molecular flexibility index (Phi) is 4.43. The molecular formula is C13H11BrClNOS. The van der Waals surface area contributed by atoms with Crippen LogP contribution in [0, 0.1) is 0 Å². The number of hydrogen-bond acceptors (Lipinski definition) is 2. The third-order valence-corrected chi connectivity index (χ3v) is 4.74. The van der Waals surface area contributed by atoms with Gasteiger partial charge in [0.25, 0.3) is 0 Å². The van der Waals surface area contributed by atoms with Gasteiger partial charge in [-0.2, -0.15) is 0 Å². The fourth-order valence-corrected chi connectivity index (χ4v) is 3.61. The van der Waals surface area contributed by atoms with E-state index in [1.165, 1.54) is 0 Å². The van der Waals surface area contributed by atoms with Crippen molar-refractivity contribution in [1.29, 1.82) is 0 Å². The molecule has 0 bridgehead atoms. The summed E-state index contributed by atoms with van der Waals surface area (Å²) in [6.07, 6.45) is 0. The van der Waals surface area contributed by atoms with E-state index in [1.54, 1.807) is 18.2 Å². The molecule has 2 N–H and O–H groups in total. The summed E-state index contributed by atoms with van der Waals surface area (Å²) >= 11 is 9.40. The predicted octanol–water partition coefficient (Wildman–Crippen LogP) is 3.99. The Morgan fingerprint density at radius 2 is 1.94 bits per heavy atom. The van der Waals surface area contributed by atoms with E-state index in [0.29, 0.717) is 21.4 Å². The van der Waals surface area contributed by atoms with E-state index in [2.05, 4.69) is 15.9 Å². The second-order valence-corrected chi connectivity index (χ2v) is 6.51. The van der Waals surface area contributed by atoms with Gasteiger partial charge in [-0.1, -0.05) is 45.7 Å². The molecular weight excluding hydrogens is 334 g/mol. The lowest BCUT2D eigenvalue weighted by atomic mass is 10.2. The summed E-state index contributed by atoms with van der Waals surface area (Å²) in [5.41, 5.74) is 7.22. The number of benzene rings is 2. The molecule has 1 atom stereocenters. The summed E-state index contributed by atoms with van der Waals surface area (Å²) in [6.45, 7) is 0. The Morgan fingerprint density at radius 1 is 1.22 bits per heavy atom. The van der Waals surface area contributed by atoms with Gasteiger partial charge in [0.1, 0.15) is 0 Å². The second-order valence-electron chi connectivity index (χ2n) is 3.76. The summed E-state index contributed by atoms with van der Waals surface area (Å²) in [6, 6.07) is 12.7. The molecule has 0 aliphatic rings. The third kappa shape index (κ3) is 3.13. The zero-order valence-electron chi connectivity index (χ0n) is 9.40. The van der Waals surface area contributed by atoms with E-state index in [1.807, 2.05) is 24.3 Å². The molecule has 94 valence electrons. The average Bonchev–Trinajstić information content (AvgIpc) is 2.35. The van der Waals surface area contributed by atoms with Gasteiger partial charge in [-0.15, -0.1) is 0 Å². The molecule has 1 unspecified atom stereocenters. The summed E-state index contributed by atoms with van der Waals surface area (Å²) in [5.74, 6) is 0.361. The molecule has 0 spiro atoms. The maximum absolute atomic E-state index is 12.3. The van der Waals surface area contributed by atoms with Crippen molar-refractivity contribution in [3.8, 4) is 0 Å². The summed E-state index contributed by atoms with van der Waals surface area (Å²) in [7, 11) is -1.21. The van der Waals surface area contributed by atoms with E-state index >= 15 is 0 Å². The van der Waals surface area contributed by atoms with Crippen LogP contribution in [-0.4, -0.2) is 4.21 Å².